The van der Waals surface area contributed by atoms with Gasteiger partial charge in [-0.05, 0) is 50.3 Å². The third kappa shape index (κ3) is 4.55. The molecule has 2 N–H and O–H groups in total. The first kappa shape index (κ1) is 20.8. The summed E-state index contributed by atoms with van der Waals surface area (Å²) in [5.74, 6) is -1.31. The van der Waals surface area contributed by atoms with E-state index in [4.69, 9.17) is 4.98 Å². The van der Waals surface area contributed by atoms with Crippen LogP contribution in [0.4, 0.5) is 0 Å². The molecule has 0 saturated heterocycles. The Hall–Kier alpha value is -2.96. The van der Waals surface area contributed by atoms with Gasteiger partial charge in [0.15, 0.2) is 5.65 Å². The third-order valence-corrected chi connectivity index (χ3v) is 5.27. The van der Waals surface area contributed by atoms with Crippen molar-refractivity contribution in [2.45, 2.75) is 47.0 Å². The molecule has 0 saturated carbocycles. The molecule has 1 atom stereocenters. The number of aliphatic carboxylic acids is 1. The number of carbonyl (C=O) groups excluding carboxylic acids is 1. The number of fused-ring (bicyclic) bond motifs is 3. The first-order valence-corrected chi connectivity index (χ1v) is 10.0. The quantitative estimate of drug-likeness (QED) is 0.609. The average molecular weight is 396 g/mol. The third-order valence-electron chi connectivity index (χ3n) is 5.27. The summed E-state index contributed by atoms with van der Waals surface area (Å²) in [5.41, 5.74) is 4.57. The minimum absolute atomic E-state index is 0.149. The van der Waals surface area contributed by atoms with Crippen molar-refractivity contribution in [3.8, 4) is 0 Å². The Morgan fingerprint density at radius 2 is 1.93 bits per heavy atom. The van der Waals surface area contributed by atoms with Crippen molar-refractivity contribution < 1.29 is 14.7 Å². The summed E-state index contributed by atoms with van der Waals surface area (Å²) in [5, 5.41) is 17.7. The molecule has 1 unspecified atom stereocenters. The lowest BCUT2D eigenvalue weighted by atomic mass is 9.97. The van der Waals surface area contributed by atoms with Gasteiger partial charge in [-0.25, -0.2) is 9.50 Å². The molecule has 1 amide bonds. The molecule has 0 fully saturated rings. The zero-order valence-corrected chi connectivity index (χ0v) is 17.4. The molecular weight excluding hydrogens is 368 g/mol. The molecule has 0 aliphatic heterocycles. The van der Waals surface area contributed by atoms with Crippen LogP contribution in [0.2, 0.25) is 0 Å². The molecule has 2 heterocycles. The molecule has 0 spiro atoms. The van der Waals surface area contributed by atoms with Crippen molar-refractivity contribution in [3.63, 3.8) is 0 Å². The Bertz CT molecular complexity index is 1060. The maximum absolute atomic E-state index is 12.3. The highest BCUT2D eigenvalue weighted by molar-refractivity contribution is 5.92. The molecule has 1 aromatic carbocycles. The van der Waals surface area contributed by atoms with Crippen molar-refractivity contribution >= 4 is 28.4 Å². The second-order valence-electron chi connectivity index (χ2n) is 7.98. The van der Waals surface area contributed by atoms with Crippen LogP contribution in [-0.2, 0) is 16.0 Å². The van der Waals surface area contributed by atoms with Crippen LogP contribution in [0.1, 0.15) is 43.6 Å². The van der Waals surface area contributed by atoms with E-state index >= 15 is 0 Å². The van der Waals surface area contributed by atoms with E-state index < -0.39 is 11.9 Å². The summed E-state index contributed by atoms with van der Waals surface area (Å²) < 4.78 is 1.84. The molecule has 0 radical (unpaired) electrons. The zero-order chi connectivity index (χ0) is 21.1. The van der Waals surface area contributed by atoms with Crippen molar-refractivity contribution in [1.29, 1.82) is 0 Å². The van der Waals surface area contributed by atoms with Crippen molar-refractivity contribution in [2.75, 3.05) is 6.54 Å². The smallest absolute Gasteiger partial charge is 0.308 e. The van der Waals surface area contributed by atoms with Crippen LogP contribution in [0.3, 0.4) is 0 Å². The first-order chi connectivity index (χ1) is 13.8. The summed E-state index contributed by atoms with van der Waals surface area (Å²) in [6.07, 6.45) is 1.36. The Kier molecular flexibility index (Phi) is 6.15. The monoisotopic (exact) mass is 396 g/mol. The number of nitrogens with zero attached hydrogens (tertiary/aromatic N) is 3. The molecule has 3 aromatic rings. The summed E-state index contributed by atoms with van der Waals surface area (Å²) in [7, 11) is 0. The summed E-state index contributed by atoms with van der Waals surface area (Å²) in [4.78, 5) is 28.4. The molecule has 29 heavy (non-hydrogen) atoms. The van der Waals surface area contributed by atoms with E-state index in [0.717, 1.165) is 33.5 Å². The molecule has 7 heteroatoms. The van der Waals surface area contributed by atoms with Crippen molar-refractivity contribution in [3.05, 3.63) is 41.2 Å². The van der Waals surface area contributed by atoms with E-state index in [9.17, 15) is 14.7 Å². The lowest BCUT2D eigenvalue weighted by Gasteiger charge is -2.16. The maximum Gasteiger partial charge on any atom is 0.308 e. The van der Waals surface area contributed by atoms with Gasteiger partial charge in [0.05, 0.1) is 11.4 Å². The number of aryl methyl sites for hydroxylation is 2. The van der Waals surface area contributed by atoms with E-state index in [2.05, 4.69) is 10.4 Å². The van der Waals surface area contributed by atoms with Gasteiger partial charge in [-0.15, -0.1) is 0 Å². The summed E-state index contributed by atoms with van der Waals surface area (Å²) >= 11 is 0. The van der Waals surface area contributed by atoms with Crippen LogP contribution >= 0.6 is 0 Å². The first-order valence-electron chi connectivity index (χ1n) is 10.0. The van der Waals surface area contributed by atoms with E-state index in [1.165, 1.54) is 0 Å². The van der Waals surface area contributed by atoms with E-state index in [1.54, 1.807) is 0 Å². The fraction of sp³-hybridized carbons (Fsp3) is 0.455. The van der Waals surface area contributed by atoms with Gasteiger partial charge in [-0.1, -0.05) is 26.0 Å². The summed E-state index contributed by atoms with van der Waals surface area (Å²) in [6.45, 7) is 8.05. The van der Waals surface area contributed by atoms with Gasteiger partial charge in [0.1, 0.15) is 0 Å². The zero-order valence-electron chi connectivity index (χ0n) is 17.4. The predicted molar refractivity (Wildman–Crippen MR) is 112 cm³/mol. The lowest BCUT2D eigenvalue weighted by Crippen LogP contribution is -2.33. The molecule has 2 aromatic heterocycles. The number of hydrogen-bond donors (Lipinski definition) is 2. The highest BCUT2D eigenvalue weighted by atomic mass is 16.4. The Balaban J connectivity index is 1.71. The Morgan fingerprint density at radius 3 is 2.62 bits per heavy atom. The van der Waals surface area contributed by atoms with Gasteiger partial charge in [-0.2, -0.15) is 5.10 Å². The van der Waals surface area contributed by atoms with E-state index in [0.29, 0.717) is 12.8 Å². The number of hydrogen-bond acceptors (Lipinski definition) is 4. The number of rotatable bonds is 8. The summed E-state index contributed by atoms with van der Waals surface area (Å²) in [6, 6.07) is 7.89. The standard InChI is InChI=1S/C22H28N4O3/c1-13(2)11-16(22(28)29)12-23-20(27)10-9-17-14(3)24-21-18-7-5-6-8-19(18)25-26(21)15(17)4/h5-8,13,16H,9-12H2,1-4H3,(H,23,27)(H,28,29). The van der Waals surface area contributed by atoms with Gasteiger partial charge in [0.25, 0.3) is 0 Å². The highest BCUT2D eigenvalue weighted by Gasteiger charge is 2.20. The van der Waals surface area contributed by atoms with Crippen LogP contribution in [0, 0.1) is 25.7 Å². The Morgan fingerprint density at radius 1 is 1.21 bits per heavy atom. The van der Waals surface area contributed by atoms with Crippen molar-refractivity contribution in [1.82, 2.24) is 19.9 Å². The van der Waals surface area contributed by atoms with Gasteiger partial charge in [0.2, 0.25) is 5.91 Å². The molecule has 0 aliphatic carbocycles. The predicted octanol–water partition coefficient (Wildman–Crippen LogP) is 3.30. The van der Waals surface area contributed by atoms with Gasteiger partial charge in [0, 0.05) is 29.7 Å². The number of benzene rings is 1. The Labute approximate surface area is 170 Å². The minimum Gasteiger partial charge on any atom is -0.481 e. The fourth-order valence-corrected chi connectivity index (χ4v) is 3.74. The van der Waals surface area contributed by atoms with Gasteiger partial charge in [-0.3, -0.25) is 9.59 Å². The number of carbonyl (C=O) groups is 2. The number of aromatic nitrogens is 3. The molecule has 7 nitrogen and oxygen atoms in total. The molecule has 0 aliphatic rings. The SMILES string of the molecule is Cc1nc2c3ccccc3nn2c(C)c1CCC(=O)NCC(CC(C)C)C(=O)O. The van der Waals surface area contributed by atoms with E-state index in [1.807, 2.05) is 56.5 Å². The van der Waals surface area contributed by atoms with Crippen LogP contribution in [0.25, 0.3) is 16.6 Å². The molecule has 154 valence electrons. The number of carboxylic acids is 1. The van der Waals surface area contributed by atoms with Gasteiger partial charge < -0.3 is 10.4 Å². The normalized spacial score (nSPS) is 12.6. The minimum atomic E-state index is -0.869. The topological polar surface area (TPSA) is 96.6 Å². The van der Waals surface area contributed by atoms with Crippen LogP contribution in [0.5, 0.6) is 0 Å². The fourth-order valence-electron chi connectivity index (χ4n) is 3.74. The second kappa shape index (κ2) is 8.59. The molecular formula is C22H28N4O3. The van der Waals surface area contributed by atoms with Gasteiger partial charge >= 0.3 is 5.97 Å². The van der Waals surface area contributed by atoms with Crippen molar-refractivity contribution in [2.24, 2.45) is 11.8 Å². The van der Waals surface area contributed by atoms with Crippen LogP contribution in [0.15, 0.2) is 24.3 Å². The molecule has 0 bridgehead atoms. The largest absolute Gasteiger partial charge is 0.481 e. The number of nitrogens with one attached hydrogen (secondary N) is 1. The van der Waals surface area contributed by atoms with E-state index in [-0.39, 0.29) is 24.8 Å². The molecule has 3 rings (SSSR count). The number of carboxylic acid groups (broad SMARTS) is 1. The highest BCUT2D eigenvalue weighted by Crippen LogP contribution is 2.23. The number of amides is 1. The van der Waals surface area contributed by atoms with Crippen LogP contribution < -0.4 is 5.32 Å². The van der Waals surface area contributed by atoms with Crippen LogP contribution in [-0.4, -0.2) is 38.1 Å². The second-order valence-corrected chi connectivity index (χ2v) is 7.98. The average Bonchev–Trinajstić information content (AvgIpc) is 3.03. The lowest BCUT2D eigenvalue weighted by molar-refractivity contribution is -0.142. The maximum atomic E-state index is 12.3.